The Labute approximate surface area is 99.0 Å². The average Bonchev–Trinajstić information content (AvgIpc) is 1.66. The quantitative estimate of drug-likeness (QED) is 0.262. The molecule has 4 nitrogen and oxygen atoms in total. The average molecular weight is 401 g/mol. The van der Waals surface area contributed by atoms with E-state index in [1.165, 1.54) is 0 Å². The summed E-state index contributed by atoms with van der Waals surface area (Å²) in [5.41, 5.74) is 0. The third-order valence-corrected chi connectivity index (χ3v) is 0. The molecule has 0 saturated carbocycles. The van der Waals surface area contributed by atoms with Crippen molar-refractivity contribution in [1.29, 1.82) is 0 Å². The molecule has 0 unspecified atom stereocenters. The molecule has 0 spiro atoms. The van der Waals surface area contributed by atoms with Gasteiger partial charge in [-0.05, 0) is 0 Å². The van der Waals surface area contributed by atoms with Gasteiger partial charge in [-0.1, -0.05) is 0 Å². The van der Waals surface area contributed by atoms with Crippen molar-refractivity contribution in [2.24, 2.45) is 0 Å². The van der Waals surface area contributed by atoms with Gasteiger partial charge < -0.3 is 24.6 Å². The van der Waals surface area contributed by atoms with E-state index in [9.17, 15) is 7.77 Å². The number of hydrogen-bond donors (Lipinski definition) is 0. The van der Waals surface area contributed by atoms with Crippen molar-refractivity contribution in [3.63, 3.8) is 0 Å². The molecule has 0 aliphatic heterocycles. The molecule has 0 aromatic rings. The Bertz CT molecular complexity index is 143. The van der Waals surface area contributed by atoms with Crippen LogP contribution in [0.4, 0.5) is 7.77 Å². The third-order valence-electron chi connectivity index (χ3n) is 0. The molecule has 0 bridgehead atoms. The molecule has 0 N–H and O–H groups in total. The van der Waals surface area contributed by atoms with Crippen LogP contribution in [-0.4, -0.2) is 18.9 Å². The molecule has 0 heterocycles. The van der Waals surface area contributed by atoms with Crippen LogP contribution in [-0.2, 0) is 53.8 Å². The Hall–Kier alpha value is 1.71. The first-order valence-electron chi connectivity index (χ1n) is 1.11. The molecule has 66 valence electrons. The van der Waals surface area contributed by atoms with Crippen molar-refractivity contribution in [3.05, 3.63) is 0 Å². The molecule has 0 amide bonds. The van der Waals surface area contributed by atoms with Gasteiger partial charge >= 0.3 is 34.5 Å². The molecule has 11 heavy (non-hydrogen) atoms. The van der Waals surface area contributed by atoms with E-state index in [1.54, 1.807) is 0 Å². The minimum absolute atomic E-state index is 0. The van der Waals surface area contributed by atoms with Gasteiger partial charge in [0, 0.05) is 18.9 Å². The Morgan fingerprint density at radius 2 is 0.909 bits per heavy atom. The van der Waals surface area contributed by atoms with Gasteiger partial charge in [-0.15, -0.1) is 0 Å². The van der Waals surface area contributed by atoms with E-state index >= 15 is 0 Å². The van der Waals surface area contributed by atoms with Gasteiger partial charge in [-0.25, -0.2) is 0 Å². The fourth-order valence-electron chi connectivity index (χ4n) is 0. The van der Waals surface area contributed by atoms with Crippen molar-refractivity contribution < 1.29 is 39.4 Å². The summed E-state index contributed by atoms with van der Waals surface area (Å²) in [6, 6.07) is 0. The van der Waals surface area contributed by atoms with Gasteiger partial charge in [0.2, 0.25) is 0 Å². The molecule has 0 aliphatic rings. The van der Waals surface area contributed by atoms with E-state index in [4.69, 9.17) is 16.8 Å². The maximum atomic E-state index is 9.92. The van der Waals surface area contributed by atoms with Gasteiger partial charge in [0.25, 0.3) is 0 Å². The molecule has 1 radical (unpaired) electrons. The summed E-state index contributed by atoms with van der Waals surface area (Å²) in [5.74, 6) is 0. The van der Waals surface area contributed by atoms with Gasteiger partial charge in [-0.3, -0.25) is 0 Å². The van der Waals surface area contributed by atoms with E-state index in [-0.39, 0.29) is 18.9 Å². The van der Waals surface area contributed by atoms with E-state index in [1.807, 2.05) is 0 Å². The van der Waals surface area contributed by atoms with Crippen LogP contribution in [0.2, 0.25) is 0 Å². The minimum atomic E-state index is -3.36. The molecule has 0 aromatic carbocycles. The van der Waals surface area contributed by atoms with Crippen LogP contribution in [0.25, 0.3) is 0 Å². The van der Waals surface area contributed by atoms with Crippen molar-refractivity contribution in [2.75, 3.05) is 0 Å². The van der Waals surface area contributed by atoms with Crippen molar-refractivity contribution in [1.82, 2.24) is 0 Å². The Morgan fingerprint density at radius 3 is 0.909 bits per heavy atom. The summed E-state index contributed by atoms with van der Waals surface area (Å²) in [5, 5.41) is 0. The van der Waals surface area contributed by atoms with Gasteiger partial charge in [0.1, 0.15) is 0 Å². The van der Waals surface area contributed by atoms with Crippen LogP contribution in [0.1, 0.15) is 0 Å². The molecule has 0 fully saturated rings. The number of halogens is 3. The monoisotopic (exact) mass is 402 g/mol. The second-order valence-corrected chi connectivity index (χ2v) is 1.16. The predicted molar refractivity (Wildman–Crippen MR) is 39.5 cm³/mol. The molecule has 0 atom stereocenters. The van der Waals surface area contributed by atoms with Crippen LogP contribution in [0, 0.1) is 0 Å². The van der Waals surface area contributed by atoms with Gasteiger partial charge in [-0.2, -0.15) is 0 Å². The standard InChI is InChI=1S/2FO2S.HI.Li.Ru/c2*1-4(2)3;;;/h;;1H;;/q2*-1;;;+3/p-1. The van der Waals surface area contributed by atoms with Crippen LogP contribution < -0.4 is 0 Å². The summed E-state index contributed by atoms with van der Waals surface area (Å²) in [4.78, 5) is 0. The first kappa shape index (κ1) is 23.0. The molecule has 0 aliphatic carbocycles. The van der Waals surface area contributed by atoms with Crippen LogP contribution >= 0.6 is 19.8 Å². The molecular formula is F2ILiO4RuS2. The van der Waals surface area contributed by atoms with E-state index in [0.29, 0.717) is 0 Å². The second-order valence-electron chi connectivity index (χ2n) is 0.388. The van der Waals surface area contributed by atoms with E-state index < -0.39 is 22.2 Å². The summed E-state index contributed by atoms with van der Waals surface area (Å²) in [7, 11) is 0. The Morgan fingerprint density at radius 1 is 0.909 bits per heavy atom. The normalized spacial score (nSPS) is 6.64. The summed E-state index contributed by atoms with van der Waals surface area (Å²) >= 11 is -2.32. The number of hydrogen-bond acceptors (Lipinski definition) is 6. The van der Waals surface area contributed by atoms with Gasteiger partial charge in [0.05, 0.1) is 22.2 Å². The first-order valence-corrected chi connectivity index (χ1v) is 8.23. The molecule has 0 aromatic heterocycles. The van der Waals surface area contributed by atoms with Gasteiger partial charge in [0.15, 0.2) is 0 Å². The Balaban J connectivity index is -0.0000000339. The molecular weight excluding hydrogens is 401 g/mol. The van der Waals surface area contributed by atoms with Crippen molar-refractivity contribution >= 4 is 60.8 Å². The molecule has 0 saturated heterocycles. The SMILES string of the molecule is O=[S-](=O)F.O=[S-](=O)F.[Li].[Ru+2][I]. The van der Waals surface area contributed by atoms with E-state index in [0.717, 1.165) is 0 Å². The maximum absolute atomic E-state index is 9.92. The summed E-state index contributed by atoms with van der Waals surface area (Å²) in [6.07, 6.45) is 0. The predicted octanol–water partition coefficient (Wildman–Crippen LogP) is 0.863. The topological polar surface area (TPSA) is 68.3 Å². The first-order chi connectivity index (χ1) is 4.46. The zero-order valence-electron chi connectivity index (χ0n) is 4.94. The van der Waals surface area contributed by atoms with Crippen LogP contribution in [0.5, 0.6) is 0 Å². The van der Waals surface area contributed by atoms with Crippen LogP contribution in [0.3, 0.4) is 0 Å². The fourth-order valence-corrected chi connectivity index (χ4v) is 0. The molecule has 11 heteroatoms. The van der Waals surface area contributed by atoms with Crippen molar-refractivity contribution in [2.45, 2.75) is 0 Å². The van der Waals surface area contributed by atoms with Crippen molar-refractivity contribution in [3.8, 4) is 0 Å². The van der Waals surface area contributed by atoms with Crippen LogP contribution in [0.15, 0.2) is 0 Å². The summed E-state index contributed by atoms with van der Waals surface area (Å²) < 4.78 is 53.2. The fraction of sp³-hybridized carbons (Fsp3) is 0. The number of rotatable bonds is 0. The zero-order chi connectivity index (χ0) is 9.15. The van der Waals surface area contributed by atoms with E-state index in [2.05, 4.69) is 34.5 Å². The zero-order valence-corrected chi connectivity index (χ0v) is 10.5. The summed E-state index contributed by atoms with van der Waals surface area (Å²) in [6.45, 7) is 0. The third kappa shape index (κ3) is 377. The second kappa shape index (κ2) is 22.6. The molecule has 0 rings (SSSR count). The Kier molecular flexibility index (Phi) is 47.2.